The Morgan fingerprint density at radius 1 is 1.27 bits per heavy atom. The first-order chi connectivity index (χ1) is 10.3. The summed E-state index contributed by atoms with van der Waals surface area (Å²) in [6.45, 7) is -0.227. The van der Waals surface area contributed by atoms with Crippen molar-refractivity contribution < 1.29 is 13.2 Å². The smallest absolute Gasteiger partial charge is 0.243 e. The van der Waals surface area contributed by atoms with E-state index in [1.54, 1.807) is 36.2 Å². The van der Waals surface area contributed by atoms with Gasteiger partial charge in [0.2, 0.25) is 15.9 Å². The van der Waals surface area contributed by atoms with E-state index >= 15 is 0 Å². The Balaban J connectivity index is 2.21. The van der Waals surface area contributed by atoms with Crippen molar-refractivity contribution in [3.8, 4) is 0 Å². The van der Waals surface area contributed by atoms with Gasteiger partial charge < -0.3 is 4.90 Å². The normalized spacial score (nSPS) is 15.8. The number of amides is 1. The maximum absolute atomic E-state index is 12.4. The third-order valence-electron chi connectivity index (χ3n) is 4.07. The molecule has 22 heavy (non-hydrogen) atoms. The second kappa shape index (κ2) is 6.87. The zero-order chi connectivity index (χ0) is 16.3. The van der Waals surface area contributed by atoms with Crippen LogP contribution in [0, 0.1) is 0 Å². The Morgan fingerprint density at radius 3 is 2.41 bits per heavy atom. The highest BCUT2D eigenvalue weighted by atomic mass is 35.5. The van der Waals surface area contributed by atoms with Gasteiger partial charge in [0.15, 0.2) is 0 Å². The molecule has 0 heterocycles. The van der Waals surface area contributed by atoms with E-state index in [4.69, 9.17) is 11.6 Å². The predicted molar refractivity (Wildman–Crippen MR) is 88.7 cm³/mol. The third-order valence-corrected chi connectivity index (χ3v) is 5.51. The Labute approximate surface area is 136 Å². The van der Waals surface area contributed by atoms with Crippen LogP contribution < -0.4 is 4.31 Å². The maximum Gasteiger partial charge on any atom is 0.243 e. The lowest BCUT2D eigenvalue weighted by molar-refractivity contribution is -0.130. The van der Waals surface area contributed by atoms with E-state index < -0.39 is 10.0 Å². The van der Waals surface area contributed by atoms with Crippen LogP contribution in [0.3, 0.4) is 0 Å². The number of sulfonamides is 1. The van der Waals surface area contributed by atoms with Crippen molar-refractivity contribution in [3.63, 3.8) is 0 Å². The summed E-state index contributed by atoms with van der Waals surface area (Å²) in [5.41, 5.74) is 0.333. The number of hydrogen-bond acceptors (Lipinski definition) is 3. The minimum absolute atomic E-state index is 0.208. The lowest BCUT2D eigenvalue weighted by Crippen LogP contribution is -2.44. The van der Waals surface area contributed by atoms with Crippen LogP contribution in [-0.4, -0.2) is 45.1 Å². The number of nitrogens with zero attached hydrogens (tertiary/aromatic N) is 2. The molecule has 0 aromatic heterocycles. The second-order valence-electron chi connectivity index (χ2n) is 5.66. The Kier molecular flexibility index (Phi) is 5.34. The van der Waals surface area contributed by atoms with E-state index in [0.29, 0.717) is 10.7 Å². The van der Waals surface area contributed by atoms with Crippen molar-refractivity contribution in [1.82, 2.24) is 4.90 Å². The van der Waals surface area contributed by atoms with Gasteiger partial charge in [0.1, 0.15) is 6.54 Å². The van der Waals surface area contributed by atoms with Gasteiger partial charge in [-0.15, -0.1) is 0 Å². The van der Waals surface area contributed by atoms with Gasteiger partial charge in [-0.25, -0.2) is 8.42 Å². The van der Waals surface area contributed by atoms with Crippen molar-refractivity contribution in [1.29, 1.82) is 0 Å². The van der Waals surface area contributed by atoms with Gasteiger partial charge in [-0.3, -0.25) is 9.10 Å². The zero-order valence-corrected chi connectivity index (χ0v) is 14.4. The summed E-state index contributed by atoms with van der Waals surface area (Å²) in [4.78, 5) is 14.1. The summed E-state index contributed by atoms with van der Waals surface area (Å²) in [5.74, 6) is -0.211. The molecule has 0 radical (unpaired) electrons. The molecule has 0 bridgehead atoms. The summed E-state index contributed by atoms with van der Waals surface area (Å²) >= 11 is 6.08. The number of likely N-dealkylation sites (N-methyl/N-ethyl adjacent to an activating group) is 1. The van der Waals surface area contributed by atoms with Crippen LogP contribution in [0.5, 0.6) is 0 Å². The molecule has 122 valence electrons. The molecule has 0 unspecified atom stereocenters. The molecule has 0 saturated heterocycles. The molecule has 5 nitrogen and oxygen atoms in total. The van der Waals surface area contributed by atoms with Gasteiger partial charge in [0.05, 0.1) is 17.0 Å². The molecule has 1 saturated carbocycles. The van der Waals surface area contributed by atoms with E-state index in [9.17, 15) is 13.2 Å². The molecular formula is C15H21ClN2O3S. The first-order valence-electron chi connectivity index (χ1n) is 7.28. The highest BCUT2D eigenvalue weighted by Crippen LogP contribution is 2.28. The lowest BCUT2D eigenvalue weighted by atomic mass is 10.2. The molecule has 0 aliphatic heterocycles. The fourth-order valence-electron chi connectivity index (χ4n) is 2.76. The molecule has 1 aromatic carbocycles. The molecule has 2 rings (SSSR count). The molecule has 1 amide bonds. The van der Waals surface area contributed by atoms with Crippen molar-refractivity contribution >= 4 is 33.2 Å². The Morgan fingerprint density at radius 2 is 1.86 bits per heavy atom. The molecular weight excluding hydrogens is 324 g/mol. The molecule has 0 spiro atoms. The number of halogens is 1. The lowest BCUT2D eigenvalue weighted by Gasteiger charge is -2.29. The number of carbonyl (C=O) groups excluding carboxylic acids is 1. The van der Waals surface area contributed by atoms with Gasteiger partial charge >= 0.3 is 0 Å². The van der Waals surface area contributed by atoms with E-state index in [1.807, 2.05) is 0 Å². The summed E-state index contributed by atoms with van der Waals surface area (Å²) in [6.07, 6.45) is 5.27. The van der Waals surface area contributed by atoms with E-state index in [2.05, 4.69) is 0 Å². The quantitative estimate of drug-likeness (QED) is 0.824. The predicted octanol–water partition coefficient (Wildman–Crippen LogP) is 2.51. The van der Waals surface area contributed by atoms with Crippen LogP contribution in [0.2, 0.25) is 5.02 Å². The molecule has 1 aliphatic carbocycles. The number of para-hydroxylation sites is 1. The molecule has 0 N–H and O–H groups in total. The van der Waals surface area contributed by atoms with Crippen molar-refractivity contribution in [2.45, 2.75) is 31.7 Å². The van der Waals surface area contributed by atoms with Crippen molar-refractivity contribution in [2.75, 3.05) is 24.2 Å². The van der Waals surface area contributed by atoms with E-state index in [0.717, 1.165) is 36.2 Å². The fraction of sp³-hybridized carbons (Fsp3) is 0.533. The molecule has 7 heteroatoms. The van der Waals surface area contributed by atoms with E-state index in [1.165, 1.54) is 0 Å². The minimum Gasteiger partial charge on any atom is -0.341 e. The van der Waals surface area contributed by atoms with E-state index in [-0.39, 0.29) is 18.5 Å². The van der Waals surface area contributed by atoms with Crippen molar-refractivity contribution in [3.05, 3.63) is 29.3 Å². The number of anilines is 1. The van der Waals surface area contributed by atoms with Gasteiger partial charge in [-0.2, -0.15) is 0 Å². The maximum atomic E-state index is 12.4. The number of carbonyl (C=O) groups is 1. The third kappa shape index (κ3) is 3.93. The van der Waals surface area contributed by atoms with Crippen LogP contribution >= 0.6 is 11.6 Å². The average molecular weight is 345 g/mol. The highest BCUT2D eigenvalue weighted by Gasteiger charge is 2.28. The summed E-state index contributed by atoms with van der Waals surface area (Å²) in [7, 11) is -1.85. The Bertz CT molecular complexity index is 642. The van der Waals surface area contributed by atoms with Crippen LogP contribution in [0.25, 0.3) is 0 Å². The van der Waals surface area contributed by atoms with Gasteiger partial charge in [0, 0.05) is 13.1 Å². The Hall–Kier alpha value is -1.27. The number of benzene rings is 1. The summed E-state index contributed by atoms with van der Waals surface area (Å²) in [5, 5.41) is 0.309. The molecule has 0 atom stereocenters. The first-order valence-corrected chi connectivity index (χ1v) is 9.51. The van der Waals surface area contributed by atoms with Crippen molar-refractivity contribution in [2.24, 2.45) is 0 Å². The van der Waals surface area contributed by atoms with Crippen LogP contribution in [-0.2, 0) is 14.8 Å². The number of rotatable bonds is 5. The standard InChI is InChI=1S/C15H21ClN2O3S/c1-17(12-7-3-4-8-12)15(19)11-18(22(2,20)21)14-10-6-5-9-13(14)16/h5-6,9-10,12H,3-4,7-8,11H2,1-2H3. The topological polar surface area (TPSA) is 57.7 Å². The molecule has 1 aromatic rings. The van der Waals surface area contributed by atoms with Crippen LogP contribution in [0.4, 0.5) is 5.69 Å². The minimum atomic E-state index is -3.59. The first kappa shape index (κ1) is 17.1. The SMILES string of the molecule is CN(C(=O)CN(c1ccccc1Cl)S(C)(=O)=O)C1CCCC1. The van der Waals surface area contributed by atoms with Crippen LogP contribution in [0.15, 0.2) is 24.3 Å². The fourth-order valence-corrected chi connectivity index (χ4v) is 3.91. The van der Waals surface area contributed by atoms with Gasteiger partial charge in [0.25, 0.3) is 0 Å². The second-order valence-corrected chi connectivity index (χ2v) is 7.98. The monoisotopic (exact) mass is 344 g/mol. The van der Waals surface area contributed by atoms with Gasteiger partial charge in [-0.1, -0.05) is 36.6 Å². The number of hydrogen-bond donors (Lipinski definition) is 0. The summed E-state index contributed by atoms with van der Waals surface area (Å²) in [6, 6.07) is 6.84. The molecule has 1 aliphatic rings. The largest absolute Gasteiger partial charge is 0.341 e. The molecule has 1 fully saturated rings. The van der Waals surface area contributed by atoms with Gasteiger partial charge in [-0.05, 0) is 25.0 Å². The van der Waals surface area contributed by atoms with Crippen LogP contribution in [0.1, 0.15) is 25.7 Å². The summed E-state index contributed by atoms with van der Waals surface area (Å²) < 4.78 is 25.2. The zero-order valence-electron chi connectivity index (χ0n) is 12.8. The average Bonchev–Trinajstić information content (AvgIpc) is 2.97. The highest BCUT2D eigenvalue weighted by molar-refractivity contribution is 7.92.